The van der Waals surface area contributed by atoms with E-state index in [-0.39, 0.29) is 18.1 Å². The molecule has 0 saturated heterocycles. The minimum absolute atomic E-state index is 0.227. The molecule has 0 aromatic carbocycles. The average molecular weight is 236 g/mol. The number of ether oxygens (including phenoxy) is 1. The number of aromatic nitrogens is 3. The van der Waals surface area contributed by atoms with Crippen molar-refractivity contribution >= 4 is 5.97 Å². The van der Waals surface area contributed by atoms with E-state index in [1.54, 1.807) is 23.1 Å². The molecule has 0 atom stereocenters. The third kappa shape index (κ3) is 2.41. The Morgan fingerprint density at radius 3 is 3.18 bits per heavy atom. The molecule has 6 heteroatoms. The summed E-state index contributed by atoms with van der Waals surface area (Å²) in [5, 5.41) is 12.9. The minimum atomic E-state index is -2.71. The summed E-state index contributed by atoms with van der Waals surface area (Å²) in [6.07, 6.45) is 3.26. The van der Waals surface area contributed by atoms with Crippen molar-refractivity contribution in [3.63, 3.8) is 0 Å². The SMILES string of the molecule is [2H]C([2H])([2H])Oc1nc(C(=O)O)ccc1Cn1cccn1. The van der Waals surface area contributed by atoms with Gasteiger partial charge < -0.3 is 9.84 Å². The van der Waals surface area contributed by atoms with E-state index in [4.69, 9.17) is 14.0 Å². The van der Waals surface area contributed by atoms with Crippen LogP contribution in [0.1, 0.15) is 20.2 Å². The molecule has 0 unspecified atom stereocenters. The minimum Gasteiger partial charge on any atom is -0.481 e. The molecule has 17 heavy (non-hydrogen) atoms. The number of carbonyl (C=O) groups is 1. The number of rotatable bonds is 4. The number of methoxy groups -OCH3 is 1. The molecule has 2 heterocycles. The molecular formula is C11H11N3O3. The summed E-state index contributed by atoms with van der Waals surface area (Å²) in [7, 11) is -2.71. The van der Waals surface area contributed by atoms with Gasteiger partial charge in [0.1, 0.15) is 0 Å². The highest BCUT2D eigenvalue weighted by Gasteiger charge is 2.11. The van der Waals surface area contributed by atoms with E-state index in [2.05, 4.69) is 10.1 Å². The van der Waals surface area contributed by atoms with Crippen molar-refractivity contribution in [1.29, 1.82) is 0 Å². The van der Waals surface area contributed by atoms with Crippen molar-refractivity contribution in [2.75, 3.05) is 7.04 Å². The lowest BCUT2D eigenvalue weighted by molar-refractivity contribution is 0.0689. The third-order valence-electron chi connectivity index (χ3n) is 2.15. The van der Waals surface area contributed by atoms with Crippen LogP contribution >= 0.6 is 0 Å². The summed E-state index contributed by atoms with van der Waals surface area (Å²) in [4.78, 5) is 14.6. The molecule has 0 bridgehead atoms. The molecule has 0 aliphatic heterocycles. The van der Waals surface area contributed by atoms with Gasteiger partial charge in [-0.05, 0) is 18.2 Å². The number of carboxylic acids is 1. The van der Waals surface area contributed by atoms with Gasteiger partial charge in [-0.15, -0.1) is 0 Å². The van der Waals surface area contributed by atoms with Crippen molar-refractivity contribution in [3.05, 3.63) is 41.9 Å². The third-order valence-corrected chi connectivity index (χ3v) is 2.15. The molecule has 0 aliphatic carbocycles. The number of nitrogens with zero attached hydrogens (tertiary/aromatic N) is 3. The van der Waals surface area contributed by atoms with Crippen molar-refractivity contribution in [3.8, 4) is 5.88 Å². The molecule has 0 spiro atoms. The Balaban J connectivity index is 2.36. The summed E-state index contributed by atoms with van der Waals surface area (Å²) in [5.41, 5.74) is 0.142. The van der Waals surface area contributed by atoms with Gasteiger partial charge >= 0.3 is 5.97 Å². The zero-order valence-corrected chi connectivity index (χ0v) is 8.70. The predicted molar refractivity (Wildman–Crippen MR) is 59.1 cm³/mol. The predicted octanol–water partition coefficient (Wildman–Crippen LogP) is 1.03. The molecule has 0 amide bonds. The molecule has 0 radical (unpaired) electrons. The monoisotopic (exact) mass is 236 g/mol. The fraction of sp³-hybridized carbons (Fsp3) is 0.182. The second kappa shape index (κ2) is 4.65. The number of pyridine rings is 1. The average Bonchev–Trinajstić information content (AvgIpc) is 2.82. The summed E-state index contributed by atoms with van der Waals surface area (Å²) >= 11 is 0. The Morgan fingerprint density at radius 1 is 1.65 bits per heavy atom. The molecule has 88 valence electrons. The Hall–Kier alpha value is -2.37. The molecule has 2 aromatic rings. The van der Waals surface area contributed by atoms with E-state index in [1.165, 1.54) is 12.1 Å². The van der Waals surface area contributed by atoms with Crippen LogP contribution in [-0.2, 0) is 6.54 Å². The van der Waals surface area contributed by atoms with Crippen LogP contribution in [0.15, 0.2) is 30.6 Å². The number of hydrogen-bond acceptors (Lipinski definition) is 4. The van der Waals surface area contributed by atoms with Gasteiger partial charge in [0.25, 0.3) is 0 Å². The van der Waals surface area contributed by atoms with E-state index < -0.39 is 13.0 Å². The molecule has 2 rings (SSSR count). The van der Waals surface area contributed by atoms with Crippen LogP contribution in [0.2, 0.25) is 0 Å². The number of aromatic carboxylic acids is 1. The van der Waals surface area contributed by atoms with Gasteiger partial charge in [0.2, 0.25) is 5.88 Å². The van der Waals surface area contributed by atoms with Gasteiger partial charge in [-0.2, -0.15) is 5.10 Å². The molecule has 0 fully saturated rings. The topological polar surface area (TPSA) is 77.2 Å². The van der Waals surface area contributed by atoms with Crippen LogP contribution in [0, 0.1) is 0 Å². The lowest BCUT2D eigenvalue weighted by Gasteiger charge is -2.08. The molecule has 6 nitrogen and oxygen atoms in total. The number of hydrogen-bond donors (Lipinski definition) is 1. The number of carboxylic acid groups (broad SMARTS) is 1. The first-order valence-electron chi connectivity index (χ1n) is 6.25. The maximum absolute atomic E-state index is 10.9. The highest BCUT2D eigenvalue weighted by Crippen LogP contribution is 2.16. The van der Waals surface area contributed by atoms with Crippen LogP contribution in [0.5, 0.6) is 5.88 Å². The smallest absolute Gasteiger partial charge is 0.354 e. The maximum Gasteiger partial charge on any atom is 0.354 e. The quantitative estimate of drug-likeness (QED) is 0.858. The molecular weight excluding hydrogens is 222 g/mol. The zero-order chi connectivity index (χ0) is 14.8. The van der Waals surface area contributed by atoms with E-state index in [0.717, 1.165) is 0 Å². The van der Waals surface area contributed by atoms with Crippen molar-refractivity contribution < 1.29 is 18.8 Å². The van der Waals surface area contributed by atoms with Gasteiger partial charge in [-0.3, -0.25) is 4.68 Å². The second-order valence-corrected chi connectivity index (χ2v) is 3.27. The Bertz CT molecular complexity index is 611. The van der Waals surface area contributed by atoms with Crippen LogP contribution in [0.3, 0.4) is 0 Å². The summed E-state index contributed by atoms with van der Waals surface area (Å²) in [6.45, 7) is 0.227. The first kappa shape index (κ1) is 7.83. The highest BCUT2D eigenvalue weighted by molar-refractivity contribution is 5.85. The normalized spacial score (nSPS) is 13.5. The second-order valence-electron chi connectivity index (χ2n) is 3.27. The lowest BCUT2D eigenvalue weighted by Crippen LogP contribution is -2.07. The fourth-order valence-corrected chi connectivity index (χ4v) is 1.37. The summed E-state index contributed by atoms with van der Waals surface area (Å²) in [6, 6.07) is 4.45. The molecule has 1 N–H and O–H groups in total. The van der Waals surface area contributed by atoms with Crippen LogP contribution in [-0.4, -0.2) is 32.9 Å². The van der Waals surface area contributed by atoms with E-state index in [9.17, 15) is 4.79 Å². The van der Waals surface area contributed by atoms with Crippen molar-refractivity contribution in [1.82, 2.24) is 14.8 Å². The van der Waals surface area contributed by atoms with Gasteiger partial charge in [-0.1, -0.05) is 0 Å². The molecule has 2 aromatic heterocycles. The van der Waals surface area contributed by atoms with Gasteiger partial charge in [-0.25, -0.2) is 9.78 Å². The standard InChI is InChI=1S/C11H11N3O3/c1-17-10-8(7-14-6-2-5-12-14)3-4-9(13-10)11(15)16/h2-6H,7H2,1H3,(H,15,16)/i1D3. The van der Waals surface area contributed by atoms with Crippen molar-refractivity contribution in [2.45, 2.75) is 6.54 Å². The van der Waals surface area contributed by atoms with E-state index in [0.29, 0.717) is 5.56 Å². The first-order valence-corrected chi connectivity index (χ1v) is 4.75. The highest BCUT2D eigenvalue weighted by atomic mass is 16.5. The van der Waals surface area contributed by atoms with Gasteiger partial charge in [0.15, 0.2) is 5.69 Å². The van der Waals surface area contributed by atoms with Crippen LogP contribution in [0.25, 0.3) is 0 Å². The summed E-state index contributed by atoms with van der Waals surface area (Å²) in [5.74, 6) is -1.49. The molecule has 0 saturated carbocycles. The van der Waals surface area contributed by atoms with Crippen LogP contribution < -0.4 is 4.74 Å². The Morgan fingerprint density at radius 2 is 2.53 bits per heavy atom. The van der Waals surface area contributed by atoms with Crippen LogP contribution in [0.4, 0.5) is 0 Å². The largest absolute Gasteiger partial charge is 0.481 e. The van der Waals surface area contributed by atoms with E-state index in [1.807, 2.05) is 0 Å². The van der Waals surface area contributed by atoms with Crippen molar-refractivity contribution in [2.24, 2.45) is 0 Å². The Kier molecular flexibility index (Phi) is 2.14. The summed E-state index contributed by atoms with van der Waals surface area (Å²) < 4.78 is 27.6. The fourth-order valence-electron chi connectivity index (χ4n) is 1.37. The van der Waals surface area contributed by atoms with Gasteiger partial charge in [0, 0.05) is 18.0 Å². The van der Waals surface area contributed by atoms with Gasteiger partial charge in [0.05, 0.1) is 17.7 Å². The maximum atomic E-state index is 10.9. The van der Waals surface area contributed by atoms with E-state index >= 15 is 0 Å². The molecule has 0 aliphatic rings. The first-order chi connectivity index (χ1) is 9.35. The Labute approximate surface area is 102 Å². The lowest BCUT2D eigenvalue weighted by atomic mass is 10.2. The zero-order valence-electron chi connectivity index (χ0n) is 11.7.